The zero-order valence-electron chi connectivity index (χ0n) is 30.6. The van der Waals surface area contributed by atoms with Crippen molar-refractivity contribution in [2.24, 2.45) is 4.99 Å². The predicted octanol–water partition coefficient (Wildman–Crippen LogP) is 2.62. The molecule has 1 aliphatic heterocycles. The Kier molecular flexibility index (Phi) is 16.5. The number of likely N-dealkylation sites (tertiary alicyclic amines) is 1. The van der Waals surface area contributed by atoms with Crippen LogP contribution in [0.3, 0.4) is 0 Å². The van der Waals surface area contributed by atoms with Gasteiger partial charge in [-0.05, 0) is 72.8 Å². The predicted molar refractivity (Wildman–Crippen MR) is 189 cm³/mol. The standard InChI is InChI=1S/C35H52N6O11/c1-8-20-50-33(49)41-19-13-17-25(41)27(43)37-23(26(42)28(44)38-24(29(45)46)21-22-14-10-9-11-15-22)16-12-18-36-30(39-31(47)51-34(2,3)4)40-32(48)52-35(5,6)7/h8-11,14-15,23-26,42H,1,12-13,16-21H2,2-7H3,(H,37,43)(H,38,44)(H,45,46)(H2,36,39,40,47,48)/t23-,24+,25-,26?/m0/s1. The van der Waals surface area contributed by atoms with Gasteiger partial charge in [-0.15, -0.1) is 0 Å². The van der Waals surface area contributed by atoms with Crippen LogP contribution >= 0.6 is 0 Å². The van der Waals surface area contributed by atoms with E-state index in [9.17, 15) is 39.0 Å². The van der Waals surface area contributed by atoms with Gasteiger partial charge in [0.25, 0.3) is 5.91 Å². The lowest BCUT2D eigenvalue weighted by molar-refractivity contribution is -0.144. The van der Waals surface area contributed by atoms with Crippen LogP contribution in [0.1, 0.15) is 72.8 Å². The zero-order chi connectivity index (χ0) is 39.1. The van der Waals surface area contributed by atoms with Crippen LogP contribution in [-0.2, 0) is 35.0 Å². The quantitative estimate of drug-likeness (QED) is 0.0535. The molecule has 4 atom stereocenters. The minimum Gasteiger partial charge on any atom is -0.480 e. The molecule has 1 saturated heterocycles. The van der Waals surface area contributed by atoms with Gasteiger partial charge in [-0.1, -0.05) is 43.0 Å². The molecule has 1 heterocycles. The van der Waals surface area contributed by atoms with Crippen molar-refractivity contribution in [2.75, 3.05) is 19.7 Å². The summed E-state index contributed by atoms with van der Waals surface area (Å²) in [6.07, 6.45) is -2.36. The molecule has 2 rings (SSSR count). The van der Waals surface area contributed by atoms with Crippen LogP contribution in [0.4, 0.5) is 14.4 Å². The Morgan fingerprint density at radius 3 is 2.12 bits per heavy atom. The van der Waals surface area contributed by atoms with Gasteiger partial charge in [0.2, 0.25) is 11.9 Å². The number of hydrogen-bond donors (Lipinski definition) is 6. The van der Waals surface area contributed by atoms with Crippen LogP contribution in [0.5, 0.6) is 0 Å². The van der Waals surface area contributed by atoms with Crippen molar-refractivity contribution in [3.05, 3.63) is 48.6 Å². The van der Waals surface area contributed by atoms with Crippen LogP contribution < -0.4 is 21.3 Å². The van der Waals surface area contributed by atoms with E-state index in [1.165, 1.54) is 11.0 Å². The smallest absolute Gasteiger partial charge is 0.414 e. The number of aliphatic hydroxyl groups excluding tert-OH is 1. The molecule has 0 aromatic heterocycles. The maximum atomic E-state index is 13.5. The van der Waals surface area contributed by atoms with E-state index in [-0.39, 0.29) is 44.9 Å². The van der Waals surface area contributed by atoms with Crippen LogP contribution in [0.15, 0.2) is 48.0 Å². The molecular formula is C35H52N6O11. The topological polar surface area (TPSA) is 234 Å². The van der Waals surface area contributed by atoms with Crippen molar-refractivity contribution in [1.82, 2.24) is 26.2 Å². The number of rotatable bonds is 14. The summed E-state index contributed by atoms with van der Waals surface area (Å²) in [6.45, 7) is 13.5. The lowest BCUT2D eigenvalue weighted by Gasteiger charge is -2.28. The van der Waals surface area contributed by atoms with Crippen LogP contribution in [0.2, 0.25) is 0 Å². The van der Waals surface area contributed by atoms with E-state index in [4.69, 9.17) is 14.2 Å². The third-order valence-electron chi connectivity index (χ3n) is 7.17. The molecule has 17 heteroatoms. The molecular weight excluding hydrogens is 680 g/mol. The minimum atomic E-state index is -1.92. The summed E-state index contributed by atoms with van der Waals surface area (Å²) in [6, 6.07) is 4.95. The number of nitrogens with one attached hydrogen (secondary N) is 4. The number of benzene rings is 1. The second-order valence-electron chi connectivity index (χ2n) is 14.0. The van der Waals surface area contributed by atoms with Crippen molar-refractivity contribution in [3.63, 3.8) is 0 Å². The van der Waals surface area contributed by atoms with Crippen molar-refractivity contribution >= 4 is 42.0 Å². The highest BCUT2D eigenvalue weighted by Crippen LogP contribution is 2.20. The normalized spacial score (nSPS) is 15.9. The number of ether oxygens (including phenoxy) is 3. The SMILES string of the molecule is C=CCOC(=O)N1CCC[C@H]1C(=O)N[C@@H](CCCN=C(NC(=O)OC(C)(C)C)NC(=O)OC(C)(C)C)C(O)C(=O)N[C@H](Cc1ccccc1)C(=O)O. The van der Waals surface area contributed by atoms with Crippen LogP contribution in [0.25, 0.3) is 0 Å². The number of aliphatic imine (C=N–C) groups is 1. The number of aliphatic carboxylic acids is 1. The number of carbonyl (C=O) groups excluding carboxylic acids is 5. The Morgan fingerprint density at radius 2 is 1.58 bits per heavy atom. The molecule has 6 N–H and O–H groups in total. The summed E-state index contributed by atoms with van der Waals surface area (Å²) < 4.78 is 15.6. The van der Waals surface area contributed by atoms with E-state index >= 15 is 0 Å². The average Bonchev–Trinajstić information content (AvgIpc) is 3.53. The maximum Gasteiger partial charge on any atom is 0.414 e. The molecule has 0 spiro atoms. The molecule has 1 fully saturated rings. The van der Waals surface area contributed by atoms with Gasteiger partial charge >= 0.3 is 24.2 Å². The summed E-state index contributed by atoms with van der Waals surface area (Å²) in [4.78, 5) is 81.7. The molecule has 0 aliphatic carbocycles. The summed E-state index contributed by atoms with van der Waals surface area (Å²) in [5.74, 6) is -3.34. The van der Waals surface area contributed by atoms with E-state index in [0.29, 0.717) is 18.4 Å². The fourth-order valence-corrected chi connectivity index (χ4v) is 4.96. The molecule has 1 unspecified atom stereocenters. The molecule has 1 aromatic rings. The largest absolute Gasteiger partial charge is 0.480 e. The van der Waals surface area contributed by atoms with Crippen molar-refractivity contribution < 1.29 is 53.2 Å². The molecule has 0 radical (unpaired) electrons. The summed E-state index contributed by atoms with van der Waals surface area (Å²) >= 11 is 0. The Balaban J connectivity index is 2.27. The Labute approximate surface area is 303 Å². The van der Waals surface area contributed by atoms with Gasteiger partial charge in [-0.25, -0.2) is 19.2 Å². The third-order valence-corrected chi connectivity index (χ3v) is 7.17. The molecule has 1 aliphatic rings. The molecule has 17 nitrogen and oxygen atoms in total. The lowest BCUT2D eigenvalue weighted by atomic mass is 10.0. The van der Waals surface area contributed by atoms with E-state index in [2.05, 4.69) is 32.8 Å². The first-order valence-corrected chi connectivity index (χ1v) is 16.9. The van der Waals surface area contributed by atoms with Gasteiger partial charge in [0.15, 0.2) is 6.10 Å². The number of carboxylic acid groups (broad SMARTS) is 1. The molecule has 0 saturated carbocycles. The van der Waals surface area contributed by atoms with E-state index in [1.807, 2.05) is 0 Å². The summed E-state index contributed by atoms with van der Waals surface area (Å²) in [5.41, 5.74) is -1.09. The van der Waals surface area contributed by atoms with Gasteiger partial charge in [0, 0.05) is 19.5 Å². The van der Waals surface area contributed by atoms with Gasteiger partial charge < -0.3 is 35.1 Å². The first kappa shape index (κ1) is 43.0. The van der Waals surface area contributed by atoms with Crippen molar-refractivity contribution in [1.29, 1.82) is 0 Å². The number of guanidine groups is 1. The van der Waals surface area contributed by atoms with Gasteiger partial charge in [0.05, 0.1) is 6.04 Å². The second kappa shape index (κ2) is 20.0. The average molecular weight is 733 g/mol. The third kappa shape index (κ3) is 15.8. The van der Waals surface area contributed by atoms with Gasteiger partial charge in [-0.2, -0.15) is 0 Å². The number of hydrogen-bond acceptors (Lipinski definition) is 11. The highest BCUT2D eigenvalue weighted by molar-refractivity contribution is 6.01. The van der Waals surface area contributed by atoms with Crippen LogP contribution in [-0.4, -0.2) is 112 Å². The van der Waals surface area contributed by atoms with E-state index in [1.54, 1.807) is 71.9 Å². The lowest BCUT2D eigenvalue weighted by Crippen LogP contribution is -2.57. The van der Waals surface area contributed by atoms with Crippen molar-refractivity contribution in [2.45, 2.75) is 109 Å². The van der Waals surface area contributed by atoms with Gasteiger partial charge in [-0.3, -0.25) is 30.1 Å². The molecule has 0 bridgehead atoms. The Morgan fingerprint density at radius 1 is 0.981 bits per heavy atom. The summed E-state index contributed by atoms with van der Waals surface area (Å²) in [7, 11) is 0. The van der Waals surface area contributed by atoms with Crippen LogP contribution in [0, 0.1) is 0 Å². The second-order valence-corrected chi connectivity index (χ2v) is 14.0. The minimum absolute atomic E-state index is 0.0625. The first-order valence-electron chi connectivity index (χ1n) is 16.9. The highest BCUT2D eigenvalue weighted by Gasteiger charge is 2.38. The Bertz CT molecular complexity index is 1410. The number of carbonyl (C=O) groups is 6. The number of amides is 5. The first-order chi connectivity index (χ1) is 24.3. The monoisotopic (exact) mass is 732 g/mol. The molecule has 288 valence electrons. The van der Waals surface area contributed by atoms with E-state index in [0.717, 1.165) is 0 Å². The molecule has 52 heavy (non-hydrogen) atoms. The molecule has 5 amide bonds. The van der Waals surface area contributed by atoms with Crippen molar-refractivity contribution in [3.8, 4) is 0 Å². The zero-order valence-corrected chi connectivity index (χ0v) is 30.6. The number of carboxylic acids is 1. The van der Waals surface area contributed by atoms with E-state index < -0.39 is 71.5 Å². The molecule has 1 aromatic carbocycles. The number of aliphatic hydroxyl groups is 1. The fourth-order valence-electron chi connectivity index (χ4n) is 4.96. The number of alkyl carbamates (subject to hydrolysis) is 2. The summed E-state index contributed by atoms with van der Waals surface area (Å²) in [5, 5.41) is 30.7. The maximum absolute atomic E-state index is 13.5. The highest BCUT2D eigenvalue weighted by atomic mass is 16.6. The Hall–Kier alpha value is -5.19. The fraction of sp³-hybridized carbons (Fsp3) is 0.571. The number of nitrogens with zero attached hydrogens (tertiary/aromatic N) is 2. The van der Waals surface area contributed by atoms with Gasteiger partial charge in [0.1, 0.15) is 29.9 Å².